The van der Waals surface area contributed by atoms with Crippen LogP contribution in [0.4, 0.5) is 0 Å². The van der Waals surface area contributed by atoms with Crippen molar-refractivity contribution in [1.29, 1.82) is 0 Å². The van der Waals surface area contributed by atoms with Crippen molar-refractivity contribution in [3.05, 3.63) is 84.4 Å². The molecule has 3 heteroatoms. The fourth-order valence-electron chi connectivity index (χ4n) is 4.10. The third-order valence-electron chi connectivity index (χ3n) is 5.20. The molecule has 0 radical (unpaired) electrons. The van der Waals surface area contributed by atoms with E-state index in [9.17, 15) is 5.21 Å². The van der Waals surface area contributed by atoms with E-state index < -0.39 is 0 Å². The van der Waals surface area contributed by atoms with Gasteiger partial charge in [0, 0.05) is 31.0 Å². The molecule has 130 valence electrons. The van der Waals surface area contributed by atoms with Gasteiger partial charge in [-0.15, -0.1) is 6.58 Å². The van der Waals surface area contributed by atoms with Crippen molar-refractivity contribution < 1.29 is 5.21 Å². The summed E-state index contributed by atoms with van der Waals surface area (Å²) in [7, 11) is 0. The zero-order valence-corrected chi connectivity index (χ0v) is 14.8. The topological polar surface area (TPSA) is 35.8 Å². The second kappa shape index (κ2) is 8.13. The van der Waals surface area contributed by atoms with E-state index in [1.165, 1.54) is 11.1 Å². The number of piperidine rings is 1. The smallest absolute Gasteiger partial charge is 0.0639 e. The van der Waals surface area contributed by atoms with Crippen LogP contribution in [-0.4, -0.2) is 22.4 Å². The molecular weight excluding hydrogens is 308 g/mol. The minimum Gasteiger partial charge on any atom is -0.411 e. The van der Waals surface area contributed by atoms with Crippen molar-refractivity contribution in [2.75, 3.05) is 6.54 Å². The van der Waals surface area contributed by atoms with Gasteiger partial charge in [0.2, 0.25) is 0 Å². The van der Waals surface area contributed by atoms with Gasteiger partial charge in [0.05, 0.1) is 5.71 Å². The second-order valence-electron chi connectivity index (χ2n) is 6.58. The van der Waals surface area contributed by atoms with Crippen molar-refractivity contribution in [3.63, 3.8) is 0 Å². The normalized spacial score (nSPS) is 25.8. The number of oxime groups is 1. The average molecular weight is 334 g/mol. The minimum absolute atomic E-state index is 0.175. The summed E-state index contributed by atoms with van der Waals surface area (Å²) in [4.78, 5) is 2.50. The van der Waals surface area contributed by atoms with Gasteiger partial charge in [0.15, 0.2) is 0 Å². The molecule has 2 aromatic carbocycles. The molecule has 1 aliphatic rings. The lowest BCUT2D eigenvalue weighted by atomic mass is 9.77. The van der Waals surface area contributed by atoms with Crippen molar-refractivity contribution in [2.24, 2.45) is 11.1 Å². The van der Waals surface area contributed by atoms with E-state index in [1.807, 2.05) is 18.2 Å². The quantitative estimate of drug-likeness (QED) is 0.462. The number of benzene rings is 2. The monoisotopic (exact) mass is 334 g/mol. The van der Waals surface area contributed by atoms with Crippen LogP contribution in [-0.2, 0) is 0 Å². The number of rotatable bonds is 5. The number of likely N-dealkylation sites (tertiary alicyclic amines) is 1. The van der Waals surface area contributed by atoms with Gasteiger partial charge in [-0.3, -0.25) is 4.90 Å². The van der Waals surface area contributed by atoms with E-state index in [-0.39, 0.29) is 18.0 Å². The zero-order chi connectivity index (χ0) is 17.6. The molecule has 25 heavy (non-hydrogen) atoms. The Balaban J connectivity index is 2.10. The molecule has 0 aromatic heterocycles. The second-order valence-corrected chi connectivity index (χ2v) is 6.58. The maximum Gasteiger partial charge on any atom is 0.0639 e. The van der Waals surface area contributed by atoms with Gasteiger partial charge in [-0.05, 0) is 17.5 Å². The predicted octanol–water partition coefficient (Wildman–Crippen LogP) is 5.22. The molecule has 1 N–H and O–H groups in total. The van der Waals surface area contributed by atoms with Gasteiger partial charge < -0.3 is 5.21 Å². The Hall–Kier alpha value is -2.39. The van der Waals surface area contributed by atoms with Crippen LogP contribution in [0.3, 0.4) is 0 Å². The SMILES string of the molecule is C=CCN1C(c2ccccc2)C/C(=N\O)C(CC)C1c1ccccc1. The Kier molecular flexibility index (Phi) is 5.67. The molecule has 3 nitrogen and oxygen atoms in total. The highest BCUT2D eigenvalue weighted by atomic mass is 16.4. The molecule has 1 heterocycles. The van der Waals surface area contributed by atoms with Crippen LogP contribution < -0.4 is 0 Å². The van der Waals surface area contributed by atoms with E-state index in [0.717, 1.165) is 25.1 Å². The van der Waals surface area contributed by atoms with Gasteiger partial charge in [-0.1, -0.05) is 78.8 Å². The predicted molar refractivity (Wildman–Crippen MR) is 103 cm³/mol. The molecular formula is C22H26N2O. The van der Waals surface area contributed by atoms with Gasteiger partial charge in [-0.2, -0.15) is 0 Å². The molecule has 0 bridgehead atoms. The average Bonchev–Trinajstić information content (AvgIpc) is 2.68. The number of hydrogen-bond donors (Lipinski definition) is 1. The van der Waals surface area contributed by atoms with Gasteiger partial charge >= 0.3 is 0 Å². The lowest BCUT2D eigenvalue weighted by molar-refractivity contribution is 0.101. The molecule has 1 fully saturated rings. The van der Waals surface area contributed by atoms with E-state index in [1.54, 1.807) is 0 Å². The lowest BCUT2D eigenvalue weighted by Crippen LogP contribution is -2.45. The van der Waals surface area contributed by atoms with Gasteiger partial charge in [0.1, 0.15) is 0 Å². The first-order valence-corrected chi connectivity index (χ1v) is 8.97. The molecule has 1 aliphatic heterocycles. The van der Waals surface area contributed by atoms with Crippen molar-refractivity contribution in [2.45, 2.75) is 31.8 Å². The Morgan fingerprint density at radius 3 is 2.20 bits per heavy atom. The maximum absolute atomic E-state index is 9.69. The summed E-state index contributed by atoms with van der Waals surface area (Å²) in [5.41, 5.74) is 3.41. The summed E-state index contributed by atoms with van der Waals surface area (Å²) >= 11 is 0. The molecule has 1 saturated heterocycles. The largest absolute Gasteiger partial charge is 0.411 e. The standard InChI is InChI=1S/C22H26N2O/c1-3-15-24-21(17-11-7-5-8-12-17)16-20(23-25)19(4-2)22(24)18-13-9-6-10-14-18/h3,5-14,19,21-22,25H,1,4,15-16H2,2H3/b23-20+. The van der Waals surface area contributed by atoms with Crippen LogP contribution in [0.15, 0.2) is 78.5 Å². The molecule has 3 rings (SSSR count). The minimum atomic E-state index is 0.175. The van der Waals surface area contributed by atoms with Gasteiger partial charge in [-0.25, -0.2) is 0 Å². The molecule has 0 aliphatic carbocycles. The first kappa shape index (κ1) is 17.4. The third-order valence-corrected chi connectivity index (χ3v) is 5.20. The number of nitrogens with zero attached hydrogens (tertiary/aromatic N) is 2. The highest BCUT2D eigenvalue weighted by molar-refractivity contribution is 5.88. The lowest BCUT2D eigenvalue weighted by Gasteiger charge is -2.46. The molecule has 0 amide bonds. The van der Waals surface area contributed by atoms with Crippen LogP contribution in [0.25, 0.3) is 0 Å². The van der Waals surface area contributed by atoms with E-state index in [4.69, 9.17) is 0 Å². The molecule has 0 spiro atoms. The number of hydrogen-bond acceptors (Lipinski definition) is 3. The fourth-order valence-corrected chi connectivity index (χ4v) is 4.10. The summed E-state index contributed by atoms with van der Waals surface area (Å²) in [5.74, 6) is 0.201. The van der Waals surface area contributed by atoms with Crippen molar-refractivity contribution >= 4 is 5.71 Å². The highest BCUT2D eigenvalue weighted by Crippen LogP contribution is 2.44. The fraction of sp³-hybridized carbons (Fsp3) is 0.318. The first-order valence-electron chi connectivity index (χ1n) is 8.97. The van der Waals surface area contributed by atoms with E-state index >= 15 is 0 Å². The van der Waals surface area contributed by atoms with E-state index in [2.05, 4.69) is 72.1 Å². The highest BCUT2D eigenvalue weighted by Gasteiger charge is 2.41. The van der Waals surface area contributed by atoms with Crippen molar-refractivity contribution in [3.8, 4) is 0 Å². The Bertz CT molecular complexity index is 711. The maximum atomic E-state index is 9.69. The molecule has 3 atom stereocenters. The van der Waals surface area contributed by atoms with Crippen LogP contribution in [0.2, 0.25) is 0 Å². The van der Waals surface area contributed by atoms with Crippen LogP contribution in [0, 0.1) is 5.92 Å². The summed E-state index contributed by atoms with van der Waals surface area (Å²) in [5, 5.41) is 13.4. The van der Waals surface area contributed by atoms with Crippen LogP contribution in [0.5, 0.6) is 0 Å². The summed E-state index contributed by atoms with van der Waals surface area (Å²) < 4.78 is 0. The Morgan fingerprint density at radius 1 is 1.08 bits per heavy atom. The van der Waals surface area contributed by atoms with Crippen LogP contribution in [0.1, 0.15) is 43.0 Å². The summed E-state index contributed by atoms with van der Waals surface area (Å²) in [6.45, 7) is 6.95. The van der Waals surface area contributed by atoms with Crippen LogP contribution >= 0.6 is 0 Å². The Morgan fingerprint density at radius 2 is 1.68 bits per heavy atom. The summed E-state index contributed by atoms with van der Waals surface area (Å²) in [6.07, 6.45) is 3.66. The van der Waals surface area contributed by atoms with Gasteiger partial charge in [0.25, 0.3) is 0 Å². The first-order chi connectivity index (χ1) is 12.3. The third kappa shape index (κ3) is 3.52. The molecule has 2 aromatic rings. The molecule has 0 saturated carbocycles. The molecule has 3 unspecified atom stereocenters. The summed E-state index contributed by atoms with van der Waals surface area (Å²) in [6, 6.07) is 21.4. The Labute approximate surface area is 150 Å². The van der Waals surface area contributed by atoms with E-state index in [0.29, 0.717) is 0 Å². The van der Waals surface area contributed by atoms with Crippen molar-refractivity contribution in [1.82, 2.24) is 4.90 Å². The zero-order valence-electron chi connectivity index (χ0n) is 14.8.